The number of halogens is 1. The van der Waals surface area contributed by atoms with Crippen molar-refractivity contribution in [3.63, 3.8) is 0 Å². The molecule has 0 aromatic heterocycles. The first-order valence-electron chi connectivity index (χ1n) is 5.16. The fourth-order valence-electron chi connectivity index (χ4n) is 1.85. The van der Waals surface area contributed by atoms with E-state index in [0.717, 1.165) is 10.5 Å². The summed E-state index contributed by atoms with van der Waals surface area (Å²) in [6.07, 6.45) is 4.36. The van der Waals surface area contributed by atoms with Gasteiger partial charge in [0.05, 0.1) is 12.7 Å². The number of benzene rings is 1. The molecule has 0 N–H and O–H groups in total. The van der Waals surface area contributed by atoms with Crippen molar-refractivity contribution < 1.29 is 4.74 Å². The van der Waals surface area contributed by atoms with Crippen LogP contribution in [0.5, 0.6) is 0 Å². The lowest BCUT2D eigenvalue weighted by atomic mass is 10.2. The minimum atomic E-state index is 0.482. The average molecular weight is 302 g/mol. The fourth-order valence-corrected chi connectivity index (χ4v) is 2.85. The Bertz CT molecular complexity index is 273. The minimum Gasteiger partial charge on any atom is -0.372 e. The number of ether oxygens (including phenoxy) is 1. The van der Waals surface area contributed by atoms with Crippen molar-refractivity contribution in [3.05, 3.63) is 35.9 Å². The van der Waals surface area contributed by atoms with E-state index < -0.39 is 0 Å². The molecule has 0 radical (unpaired) electrons. The molecule has 0 heterocycles. The van der Waals surface area contributed by atoms with Crippen LogP contribution >= 0.6 is 22.6 Å². The summed E-state index contributed by atoms with van der Waals surface area (Å²) in [5, 5.41) is 0. The Balaban J connectivity index is 1.82. The lowest BCUT2D eigenvalue weighted by Gasteiger charge is -2.15. The highest BCUT2D eigenvalue weighted by Gasteiger charge is 2.25. The van der Waals surface area contributed by atoms with Gasteiger partial charge >= 0.3 is 0 Å². The van der Waals surface area contributed by atoms with Crippen molar-refractivity contribution >= 4 is 22.6 Å². The highest BCUT2D eigenvalue weighted by Crippen LogP contribution is 2.29. The van der Waals surface area contributed by atoms with Gasteiger partial charge in [-0.15, -0.1) is 0 Å². The molecule has 0 saturated heterocycles. The van der Waals surface area contributed by atoms with Crippen LogP contribution in [-0.2, 0) is 11.3 Å². The standard InChI is InChI=1S/C12H15IO/c13-11-7-4-8-12(11)14-9-10-5-2-1-3-6-10/h1-3,5-6,11-12H,4,7-9H2. The van der Waals surface area contributed by atoms with Crippen molar-refractivity contribution in [3.8, 4) is 0 Å². The summed E-state index contributed by atoms with van der Waals surface area (Å²) in [4.78, 5) is 0. The monoisotopic (exact) mass is 302 g/mol. The molecule has 2 heteroatoms. The van der Waals surface area contributed by atoms with Crippen molar-refractivity contribution in [2.75, 3.05) is 0 Å². The summed E-state index contributed by atoms with van der Waals surface area (Å²) in [6, 6.07) is 10.4. The molecule has 76 valence electrons. The zero-order chi connectivity index (χ0) is 9.80. The number of alkyl halides is 1. The summed E-state index contributed by atoms with van der Waals surface area (Å²) < 4.78 is 6.61. The summed E-state index contributed by atoms with van der Waals surface area (Å²) in [5.74, 6) is 0. The third kappa shape index (κ3) is 2.70. The van der Waals surface area contributed by atoms with Crippen LogP contribution in [0.25, 0.3) is 0 Å². The second-order valence-electron chi connectivity index (χ2n) is 3.78. The zero-order valence-electron chi connectivity index (χ0n) is 8.16. The van der Waals surface area contributed by atoms with E-state index in [-0.39, 0.29) is 0 Å². The normalized spacial score (nSPS) is 26.6. The highest BCUT2D eigenvalue weighted by molar-refractivity contribution is 14.1. The van der Waals surface area contributed by atoms with Crippen molar-refractivity contribution in [1.82, 2.24) is 0 Å². The first-order chi connectivity index (χ1) is 6.86. The Hall–Kier alpha value is -0.0900. The van der Waals surface area contributed by atoms with Gasteiger partial charge in [0.25, 0.3) is 0 Å². The van der Waals surface area contributed by atoms with Gasteiger partial charge in [0.1, 0.15) is 0 Å². The van der Waals surface area contributed by atoms with E-state index in [4.69, 9.17) is 4.74 Å². The number of hydrogen-bond acceptors (Lipinski definition) is 1. The molecular formula is C12H15IO. The first-order valence-corrected chi connectivity index (χ1v) is 6.40. The van der Waals surface area contributed by atoms with Crippen LogP contribution in [0.2, 0.25) is 0 Å². The van der Waals surface area contributed by atoms with Crippen LogP contribution in [0, 0.1) is 0 Å². The molecule has 1 saturated carbocycles. The lowest BCUT2D eigenvalue weighted by Crippen LogP contribution is -2.17. The Labute approximate surface area is 99.0 Å². The predicted molar refractivity (Wildman–Crippen MR) is 66.7 cm³/mol. The van der Waals surface area contributed by atoms with Crippen LogP contribution in [0.15, 0.2) is 30.3 Å². The summed E-state index contributed by atoms with van der Waals surface area (Å²) in [6.45, 7) is 0.769. The number of hydrogen-bond donors (Lipinski definition) is 0. The molecule has 0 aliphatic heterocycles. The maximum Gasteiger partial charge on any atom is 0.0721 e. The molecule has 0 amide bonds. The average Bonchev–Trinajstić information content (AvgIpc) is 2.63. The van der Waals surface area contributed by atoms with Gasteiger partial charge in [-0.05, 0) is 24.8 Å². The zero-order valence-corrected chi connectivity index (χ0v) is 10.3. The van der Waals surface area contributed by atoms with Gasteiger partial charge in [-0.25, -0.2) is 0 Å². The van der Waals surface area contributed by atoms with Gasteiger partial charge < -0.3 is 4.74 Å². The molecule has 14 heavy (non-hydrogen) atoms. The van der Waals surface area contributed by atoms with Crippen LogP contribution in [-0.4, -0.2) is 10.0 Å². The quantitative estimate of drug-likeness (QED) is 0.613. The molecule has 1 aromatic rings. The van der Waals surface area contributed by atoms with Crippen molar-refractivity contribution in [2.24, 2.45) is 0 Å². The van der Waals surface area contributed by atoms with Crippen LogP contribution in [0.3, 0.4) is 0 Å². The Morgan fingerprint density at radius 2 is 2.00 bits per heavy atom. The van der Waals surface area contributed by atoms with Crippen LogP contribution < -0.4 is 0 Å². The smallest absolute Gasteiger partial charge is 0.0721 e. The molecule has 1 aliphatic carbocycles. The van der Waals surface area contributed by atoms with E-state index in [2.05, 4.69) is 46.9 Å². The molecule has 2 unspecified atom stereocenters. The second-order valence-corrected chi connectivity index (χ2v) is 5.38. The molecule has 2 atom stereocenters. The summed E-state index contributed by atoms with van der Waals surface area (Å²) in [7, 11) is 0. The third-order valence-electron chi connectivity index (χ3n) is 2.68. The molecular weight excluding hydrogens is 287 g/mol. The maximum absolute atomic E-state index is 5.89. The summed E-state index contributed by atoms with van der Waals surface area (Å²) >= 11 is 2.51. The lowest BCUT2D eigenvalue weighted by molar-refractivity contribution is 0.0514. The van der Waals surface area contributed by atoms with E-state index in [1.54, 1.807) is 0 Å². The third-order valence-corrected chi connectivity index (χ3v) is 4.10. The van der Waals surface area contributed by atoms with Gasteiger partial charge in [-0.3, -0.25) is 0 Å². The van der Waals surface area contributed by atoms with Gasteiger partial charge in [0.15, 0.2) is 0 Å². The molecule has 1 nitrogen and oxygen atoms in total. The Kier molecular flexibility index (Phi) is 3.81. The van der Waals surface area contributed by atoms with Crippen molar-refractivity contribution in [2.45, 2.75) is 35.9 Å². The summed E-state index contributed by atoms with van der Waals surface area (Å²) in [5.41, 5.74) is 1.28. The fraction of sp³-hybridized carbons (Fsp3) is 0.500. The van der Waals surface area contributed by atoms with Crippen molar-refractivity contribution in [1.29, 1.82) is 0 Å². The predicted octanol–water partition coefficient (Wildman–Crippen LogP) is 3.56. The van der Waals surface area contributed by atoms with Gasteiger partial charge in [-0.2, -0.15) is 0 Å². The van der Waals surface area contributed by atoms with Gasteiger partial charge in [-0.1, -0.05) is 52.9 Å². The molecule has 0 bridgehead atoms. The first kappa shape index (κ1) is 10.4. The van der Waals surface area contributed by atoms with Gasteiger partial charge in [0, 0.05) is 3.92 Å². The molecule has 0 spiro atoms. The topological polar surface area (TPSA) is 9.23 Å². The molecule has 1 aliphatic rings. The van der Waals surface area contributed by atoms with Gasteiger partial charge in [0.2, 0.25) is 0 Å². The van der Waals surface area contributed by atoms with E-state index in [9.17, 15) is 0 Å². The second kappa shape index (κ2) is 5.12. The Morgan fingerprint density at radius 1 is 1.21 bits per heavy atom. The molecule has 1 aromatic carbocycles. The highest BCUT2D eigenvalue weighted by atomic mass is 127. The Morgan fingerprint density at radius 3 is 2.64 bits per heavy atom. The number of rotatable bonds is 3. The minimum absolute atomic E-state index is 0.482. The molecule has 1 fully saturated rings. The van der Waals surface area contributed by atoms with E-state index in [1.165, 1.54) is 24.8 Å². The van der Waals surface area contributed by atoms with Crippen LogP contribution in [0.1, 0.15) is 24.8 Å². The maximum atomic E-state index is 5.89. The van der Waals surface area contributed by atoms with E-state index in [0.29, 0.717) is 6.10 Å². The van der Waals surface area contributed by atoms with Crippen LogP contribution in [0.4, 0.5) is 0 Å². The SMILES string of the molecule is IC1CCCC1OCc1ccccc1. The van der Waals surface area contributed by atoms with E-state index in [1.807, 2.05) is 6.07 Å². The van der Waals surface area contributed by atoms with E-state index >= 15 is 0 Å². The molecule has 2 rings (SSSR count). The largest absolute Gasteiger partial charge is 0.372 e.